The summed E-state index contributed by atoms with van der Waals surface area (Å²) >= 11 is 0. The van der Waals surface area contributed by atoms with E-state index in [1.807, 2.05) is 12.3 Å². The summed E-state index contributed by atoms with van der Waals surface area (Å²) in [6.45, 7) is 3.16. The van der Waals surface area contributed by atoms with Crippen LogP contribution in [0, 0.1) is 0 Å². The Morgan fingerprint density at radius 2 is 1.95 bits per heavy atom. The Kier molecular flexibility index (Phi) is 4.20. The second-order valence-electron chi connectivity index (χ2n) is 5.75. The first-order chi connectivity index (χ1) is 10.3. The van der Waals surface area contributed by atoms with E-state index in [-0.39, 0.29) is 0 Å². The van der Waals surface area contributed by atoms with Crippen LogP contribution in [0.1, 0.15) is 48.4 Å². The molecule has 0 saturated heterocycles. The molecule has 0 spiro atoms. The monoisotopic (exact) mass is 282 g/mol. The van der Waals surface area contributed by atoms with Crippen LogP contribution in [0.4, 0.5) is 0 Å². The van der Waals surface area contributed by atoms with Gasteiger partial charge in [-0.05, 0) is 35.4 Å². The molecule has 0 bridgehead atoms. The summed E-state index contributed by atoms with van der Waals surface area (Å²) in [4.78, 5) is 4.26. The second kappa shape index (κ2) is 6.27. The maximum absolute atomic E-state index is 5.09. The molecular formula is C18H22N2O. The van der Waals surface area contributed by atoms with Gasteiger partial charge in [-0.2, -0.15) is 0 Å². The average molecular weight is 282 g/mol. The fraction of sp³-hybridized carbons (Fsp3) is 0.389. The molecule has 1 aromatic heterocycles. The van der Waals surface area contributed by atoms with Crippen molar-refractivity contribution < 1.29 is 4.74 Å². The summed E-state index contributed by atoms with van der Waals surface area (Å²) in [5.41, 5.74) is 4.14. The van der Waals surface area contributed by atoms with Crippen molar-refractivity contribution in [2.24, 2.45) is 0 Å². The summed E-state index contributed by atoms with van der Waals surface area (Å²) in [7, 11) is 1.64. The third kappa shape index (κ3) is 3.08. The molecule has 3 rings (SSSR count). The minimum Gasteiger partial charge on any atom is -0.481 e. The zero-order chi connectivity index (χ0) is 14.7. The van der Waals surface area contributed by atoms with Crippen LogP contribution >= 0.6 is 0 Å². The normalized spacial score (nSPS) is 20.9. The van der Waals surface area contributed by atoms with Crippen molar-refractivity contribution in [3.63, 3.8) is 0 Å². The lowest BCUT2D eigenvalue weighted by Gasteiger charge is -2.30. The van der Waals surface area contributed by atoms with Gasteiger partial charge in [0.25, 0.3) is 0 Å². The van der Waals surface area contributed by atoms with Gasteiger partial charge in [0, 0.05) is 24.8 Å². The third-order valence-corrected chi connectivity index (χ3v) is 4.35. The Morgan fingerprint density at radius 1 is 1.14 bits per heavy atom. The van der Waals surface area contributed by atoms with E-state index >= 15 is 0 Å². The van der Waals surface area contributed by atoms with Crippen molar-refractivity contribution >= 4 is 0 Å². The van der Waals surface area contributed by atoms with Gasteiger partial charge in [0.15, 0.2) is 0 Å². The van der Waals surface area contributed by atoms with Crippen molar-refractivity contribution in [1.29, 1.82) is 0 Å². The van der Waals surface area contributed by atoms with Gasteiger partial charge in [0.1, 0.15) is 0 Å². The fourth-order valence-electron chi connectivity index (χ4n) is 3.09. The first kappa shape index (κ1) is 14.1. The molecule has 2 atom stereocenters. The number of fused-ring (bicyclic) bond motifs is 1. The average Bonchev–Trinajstić information content (AvgIpc) is 2.55. The van der Waals surface area contributed by atoms with Crippen molar-refractivity contribution in [2.45, 2.75) is 38.3 Å². The third-order valence-electron chi connectivity index (χ3n) is 4.35. The molecule has 1 aliphatic carbocycles. The second-order valence-corrected chi connectivity index (χ2v) is 5.75. The van der Waals surface area contributed by atoms with Crippen LogP contribution in [0.5, 0.6) is 5.88 Å². The Bertz CT molecular complexity index is 594. The number of benzene rings is 1. The lowest BCUT2D eigenvalue weighted by atomic mass is 9.81. The molecule has 0 aliphatic heterocycles. The number of nitrogens with one attached hydrogen (secondary N) is 1. The van der Waals surface area contributed by atoms with Gasteiger partial charge in [0.2, 0.25) is 5.88 Å². The fourth-order valence-corrected chi connectivity index (χ4v) is 3.09. The summed E-state index contributed by atoms with van der Waals surface area (Å²) in [5, 5.41) is 3.67. The van der Waals surface area contributed by atoms with Crippen molar-refractivity contribution in [2.75, 3.05) is 7.11 Å². The number of hydrogen-bond acceptors (Lipinski definition) is 3. The molecule has 2 unspecified atom stereocenters. The highest BCUT2D eigenvalue weighted by Gasteiger charge is 2.23. The van der Waals surface area contributed by atoms with Crippen LogP contribution in [0.2, 0.25) is 0 Å². The Hall–Kier alpha value is -1.87. The van der Waals surface area contributed by atoms with E-state index in [0.29, 0.717) is 17.8 Å². The van der Waals surface area contributed by atoms with E-state index in [4.69, 9.17) is 4.74 Å². The van der Waals surface area contributed by atoms with E-state index < -0.39 is 0 Å². The number of nitrogens with zero attached hydrogens (tertiary/aromatic N) is 1. The van der Waals surface area contributed by atoms with Gasteiger partial charge in [-0.15, -0.1) is 0 Å². The zero-order valence-corrected chi connectivity index (χ0v) is 12.7. The molecule has 1 N–H and O–H groups in total. The highest BCUT2D eigenvalue weighted by atomic mass is 16.5. The van der Waals surface area contributed by atoms with Crippen LogP contribution in [0.15, 0.2) is 42.6 Å². The molecule has 1 aromatic carbocycles. The molecule has 1 aliphatic rings. The van der Waals surface area contributed by atoms with Crippen LogP contribution in [0.25, 0.3) is 0 Å². The largest absolute Gasteiger partial charge is 0.481 e. The van der Waals surface area contributed by atoms with Gasteiger partial charge in [-0.1, -0.05) is 37.3 Å². The zero-order valence-electron chi connectivity index (χ0n) is 12.7. The number of methoxy groups -OCH3 is 1. The summed E-state index contributed by atoms with van der Waals surface area (Å²) in [5.74, 6) is 1.33. The van der Waals surface area contributed by atoms with E-state index in [1.54, 1.807) is 7.11 Å². The molecule has 1 heterocycles. The first-order valence-corrected chi connectivity index (χ1v) is 7.59. The molecule has 3 nitrogen and oxygen atoms in total. The molecule has 110 valence electrons. The molecular weight excluding hydrogens is 260 g/mol. The Balaban J connectivity index is 1.69. The standard InChI is InChI=1S/C18H22N2O/c1-13-7-9-17(16-6-4-3-5-15(13)16)19-11-14-8-10-18(21-2)20-12-14/h3-6,8,10,12-13,17,19H,7,9,11H2,1-2H3. The van der Waals surface area contributed by atoms with Crippen molar-refractivity contribution in [1.82, 2.24) is 10.3 Å². The molecule has 0 fully saturated rings. The van der Waals surface area contributed by atoms with Gasteiger partial charge >= 0.3 is 0 Å². The van der Waals surface area contributed by atoms with Crippen LogP contribution < -0.4 is 10.1 Å². The number of pyridine rings is 1. The number of ether oxygens (including phenoxy) is 1. The number of hydrogen-bond donors (Lipinski definition) is 1. The highest BCUT2D eigenvalue weighted by Crippen LogP contribution is 2.37. The Morgan fingerprint density at radius 3 is 2.67 bits per heavy atom. The Labute approximate surface area is 126 Å². The van der Waals surface area contributed by atoms with Crippen LogP contribution in [-0.4, -0.2) is 12.1 Å². The van der Waals surface area contributed by atoms with Crippen molar-refractivity contribution in [3.8, 4) is 5.88 Å². The maximum Gasteiger partial charge on any atom is 0.212 e. The number of aromatic nitrogens is 1. The molecule has 0 saturated carbocycles. The van der Waals surface area contributed by atoms with Gasteiger partial charge in [-0.25, -0.2) is 4.98 Å². The molecule has 2 aromatic rings. The lowest BCUT2D eigenvalue weighted by Crippen LogP contribution is -2.25. The predicted octanol–water partition coefficient (Wildman–Crippen LogP) is 3.82. The minimum atomic E-state index is 0.444. The van der Waals surface area contributed by atoms with E-state index in [0.717, 1.165) is 6.54 Å². The van der Waals surface area contributed by atoms with Crippen LogP contribution in [-0.2, 0) is 6.54 Å². The lowest BCUT2D eigenvalue weighted by molar-refractivity contribution is 0.396. The highest BCUT2D eigenvalue weighted by molar-refractivity contribution is 5.35. The van der Waals surface area contributed by atoms with E-state index in [9.17, 15) is 0 Å². The number of rotatable bonds is 4. The van der Waals surface area contributed by atoms with E-state index in [1.165, 1.54) is 29.5 Å². The van der Waals surface area contributed by atoms with Crippen LogP contribution in [0.3, 0.4) is 0 Å². The minimum absolute atomic E-state index is 0.444. The quantitative estimate of drug-likeness (QED) is 0.925. The summed E-state index contributed by atoms with van der Waals surface area (Å²) < 4.78 is 5.09. The molecule has 0 radical (unpaired) electrons. The molecule has 0 amide bonds. The summed E-state index contributed by atoms with van der Waals surface area (Å²) in [6.07, 6.45) is 4.32. The SMILES string of the molecule is COc1ccc(CNC2CCC(C)c3ccccc32)cn1. The smallest absolute Gasteiger partial charge is 0.212 e. The first-order valence-electron chi connectivity index (χ1n) is 7.59. The summed E-state index contributed by atoms with van der Waals surface area (Å²) in [6, 6.07) is 13.2. The molecule has 21 heavy (non-hydrogen) atoms. The maximum atomic E-state index is 5.09. The van der Waals surface area contributed by atoms with Gasteiger partial charge in [0.05, 0.1) is 7.11 Å². The molecule has 3 heteroatoms. The van der Waals surface area contributed by atoms with Gasteiger partial charge in [-0.3, -0.25) is 0 Å². The van der Waals surface area contributed by atoms with Gasteiger partial charge < -0.3 is 10.1 Å². The predicted molar refractivity (Wildman–Crippen MR) is 84.5 cm³/mol. The van der Waals surface area contributed by atoms with E-state index in [2.05, 4.69) is 47.6 Å². The van der Waals surface area contributed by atoms with Crippen molar-refractivity contribution in [3.05, 3.63) is 59.3 Å². The topological polar surface area (TPSA) is 34.1 Å².